The van der Waals surface area contributed by atoms with Gasteiger partial charge in [-0.1, -0.05) is 36.4 Å². The third-order valence-electron chi connectivity index (χ3n) is 16.6. The van der Waals surface area contributed by atoms with Crippen LogP contribution in [0.25, 0.3) is 24.3 Å². The average molecular weight is 1930 g/mol. The summed E-state index contributed by atoms with van der Waals surface area (Å²) in [4.78, 5) is 31.1. The summed E-state index contributed by atoms with van der Waals surface area (Å²) in [6.45, 7) is 10.5. The van der Waals surface area contributed by atoms with Crippen molar-refractivity contribution in [2.45, 2.75) is 29.4 Å². The Morgan fingerprint density at radius 1 is 0.270 bits per heavy atom. The number of hydrazone groups is 2. The highest BCUT2D eigenvalue weighted by Gasteiger charge is 2.35. The molecule has 0 bridgehead atoms. The van der Waals surface area contributed by atoms with Crippen molar-refractivity contribution in [3.05, 3.63) is 94.1 Å². The van der Waals surface area contributed by atoms with E-state index >= 15 is 0 Å². The predicted molar refractivity (Wildman–Crippen MR) is 457 cm³/mol. The van der Waals surface area contributed by atoms with Gasteiger partial charge in [-0.3, -0.25) is 77.2 Å². The van der Waals surface area contributed by atoms with Crippen LogP contribution in [0.2, 0.25) is 0 Å². The molecule has 126 heavy (non-hydrogen) atoms. The van der Waals surface area contributed by atoms with Crippen molar-refractivity contribution in [1.82, 2.24) is 29.4 Å². The molecule has 0 atom stereocenters. The van der Waals surface area contributed by atoms with Crippen molar-refractivity contribution in [2.75, 3.05) is 259 Å². The number of hydrogen-bond donors (Lipinski definition) is 28. The maximum atomic E-state index is 13.3. The van der Waals surface area contributed by atoms with E-state index in [4.69, 9.17) is 103 Å². The molecule has 0 aromatic heterocycles. The molecular weight excluding hydrogens is 1810 g/mol. The van der Waals surface area contributed by atoms with E-state index in [0.29, 0.717) is 130 Å². The summed E-state index contributed by atoms with van der Waals surface area (Å²) < 4.78 is 204. The number of carbonyl (C=O) groups excluding carboxylic acids is 2. The minimum atomic E-state index is -5.25. The number of benzene rings is 4. The summed E-state index contributed by atoms with van der Waals surface area (Å²) in [6, 6.07) is 6.65. The smallest absolute Gasteiger partial charge is 0.296 e. The van der Waals surface area contributed by atoms with Crippen LogP contribution in [0.1, 0.15) is 43.0 Å². The van der Waals surface area contributed by atoms with Crippen LogP contribution in [0, 0.1) is 0 Å². The van der Waals surface area contributed by atoms with Crippen LogP contribution < -0.4 is 22.3 Å². The molecule has 2 aliphatic rings. The highest BCUT2D eigenvalue weighted by Crippen LogP contribution is 2.37. The van der Waals surface area contributed by atoms with Crippen molar-refractivity contribution in [1.29, 1.82) is 0 Å². The second kappa shape index (κ2) is 61.9. The molecule has 0 heterocycles. The van der Waals surface area contributed by atoms with Gasteiger partial charge in [0.2, 0.25) is 11.6 Å². The third kappa shape index (κ3) is 43.3. The van der Waals surface area contributed by atoms with Crippen molar-refractivity contribution >= 4 is 131 Å². The number of carbonyl (C=O) groups is 2. The molecule has 0 spiro atoms. The molecule has 0 saturated carbocycles. The maximum Gasteiger partial charge on any atom is 0.296 e. The number of nitrogens with one attached hydrogen (secondary N) is 2. The fourth-order valence-corrected chi connectivity index (χ4v) is 15.1. The number of hydrogen-bond acceptors (Lipinski definition) is 44. The number of rotatable bonds is 48. The van der Waals surface area contributed by atoms with Gasteiger partial charge in [0.1, 0.15) is 40.8 Å². The van der Waals surface area contributed by atoms with Crippen LogP contribution in [0.5, 0.6) is 0 Å². The molecule has 720 valence electrons. The molecule has 0 fully saturated rings. The monoisotopic (exact) mass is 1920 g/mol. The summed E-state index contributed by atoms with van der Waals surface area (Å²) >= 11 is 0. The molecule has 4 aromatic rings. The Hall–Kier alpha value is -7.52. The number of fused-ring (bicyclic) bond motifs is 2. The lowest BCUT2D eigenvalue weighted by atomic mass is 9.93. The summed E-state index contributed by atoms with van der Waals surface area (Å²) in [5.41, 5.74) is 9.37. The topological polar surface area (TPSA) is 845 Å². The van der Waals surface area contributed by atoms with Gasteiger partial charge in [-0.15, -0.1) is 0 Å². The van der Waals surface area contributed by atoms with Crippen LogP contribution >= 0.6 is 0 Å². The number of aliphatic hydroxyl groups is 18. The number of allylic oxidation sites excluding steroid dienone is 2. The van der Waals surface area contributed by atoms with Crippen molar-refractivity contribution in [2.24, 2.45) is 10.2 Å². The van der Waals surface area contributed by atoms with Crippen LogP contribution in [0.3, 0.4) is 0 Å². The van der Waals surface area contributed by atoms with Crippen LogP contribution in [0.4, 0.5) is 22.7 Å². The van der Waals surface area contributed by atoms with Gasteiger partial charge in [0.25, 0.3) is 60.7 Å². The van der Waals surface area contributed by atoms with Crippen LogP contribution in [0.15, 0.2) is 100 Å². The second-order valence-electron chi connectivity index (χ2n) is 25.5. The lowest BCUT2D eigenvalue weighted by Gasteiger charge is -2.18. The minimum Gasteiger partial charge on any atom is -0.397 e. The first kappa shape index (κ1) is 118. The summed E-state index contributed by atoms with van der Waals surface area (Å²) in [5, 5.41) is 160. The second-order valence-corrected chi connectivity index (χ2v) is 33.8. The van der Waals surface area contributed by atoms with Crippen molar-refractivity contribution in [3.63, 3.8) is 0 Å². The Morgan fingerprint density at radius 2 is 0.452 bits per heavy atom. The molecule has 30 N–H and O–H groups in total. The Labute approximate surface area is 728 Å². The summed E-state index contributed by atoms with van der Waals surface area (Å²) in [5.74, 6) is -2.45. The number of nitrogens with two attached hydrogens (primary N) is 2. The van der Waals surface area contributed by atoms with E-state index in [0.717, 1.165) is 72.9 Å². The number of ketones is 2. The molecule has 0 unspecified atom stereocenters. The first-order chi connectivity index (χ1) is 59.3. The Morgan fingerprint density at radius 3 is 0.619 bits per heavy atom. The molecular formula is C70H116N12O38S6. The first-order valence-electron chi connectivity index (χ1n) is 37.4. The average Bonchev–Trinajstić information content (AvgIpc) is 0.747. The van der Waals surface area contributed by atoms with Gasteiger partial charge in [-0.05, 0) is 59.7 Å². The quantitative estimate of drug-likeness (QED) is 0.00845. The zero-order valence-corrected chi connectivity index (χ0v) is 73.1. The standard InChI is InChI=1S/C34H26N6O20S6.6C6H15NO3/c35-31-27(65(55,56)57)13-25(63(49,50)51)19-7-9-21(33(41)29(19)31)39-37-17-5-3-15(23(11-17)61(43,44)45)1-2-16-4-6-18(12-24(16)62(46,47)48)38-40-22-10-8-20-26(64(52,53)54)14-28(66(58,59)60)32(36)30(20)34(22)42;6*8-4-1-7(2-5-9)3-6-10/h1-14,37-38H,35-36H2,(H,43,44,45)(H,46,47,48)(H,49,50,51)(H,52,53,54)(H,55,56,57)(H,58,59,60);6*8-10H,1-6H2/b2-1+,39-21+,40-22+;;;;;;. The number of Topliss-reactive ketones (excluding diaryl/α,β-unsaturated/α-hetero) is 2. The van der Waals surface area contributed by atoms with E-state index in [2.05, 4.69) is 21.1 Å². The third-order valence-corrected chi connectivity index (χ3v) is 22.0. The zero-order chi connectivity index (χ0) is 96.2. The van der Waals surface area contributed by atoms with Gasteiger partial charge in [0.15, 0.2) is 0 Å². The molecule has 6 rings (SSSR count). The Kier molecular flexibility index (Phi) is 58.2. The zero-order valence-electron chi connectivity index (χ0n) is 68.2. The molecule has 2 aliphatic carbocycles. The summed E-state index contributed by atoms with van der Waals surface area (Å²) in [7, 11) is -31.1. The number of anilines is 4. The van der Waals surface area contributed by atoms with Crippen LogP contribution in [-0.4, -0.2) is 459 Å². The molecule has 4 aromatic carbocycles. The van der Waals surface area contributed by atoms with Gasteiger partial charge in [-0.25, -0.2) is 0 Å². The predicted octanol–water partition coefficient (Wildman–Crippen LogP) is -8.55. The number of nitrogen functional groups attached to an aromatic ring is 2. The van der Waals surface area contributed by atoms with E-state index in [9.17, 15) is 87.4 Å². The SMILES string of the molecule is Nc1c(S(=O)(=O)O)cc(S(=O)(=O)O)c2c1C(=O)/C(=N/Nc1ccc(/C=C/c3ccc(N/N=C4\C=Cc5c(S(=O)(=O)O)cc(S(=O)(=O)O)c(N)c5C4=O)cc3S(=O)(=O)O)c(S(=O)(=O)O)c1)C=C2.OCCN(CCO)CCO.OCCN(CCO)CCO.OCCN(CCO)CCO.OCCN(CCO)CCO.OCCN(CCO)CCO.OCCN(CCO)CCO. The minimum absolute atomic E-state index is 0.0694. The highest BCUT2D eigenvalue weighted by atomic mass is 32.2. The van der Waals surface area contributed by atoms with Crippen LogP contribution in [-0.2, 0) is 60.7 Å². The largest absolute Gasteiger partial charge is 0.397 e. The normalized spacial score (nSPS) is 13.5. The molecule has 0 radical (unpaired) electrons. The van der Waals surface area contributed by atoms with Gasteiger partial charge < -0.3 is 103 Å². The van der Waals surface area contributed by atoms with E-state index in [-0.39, 0.29) is 141 Å². The van der Waals surface area contributed by atoms with Gasteiger partial charge >= 0.3 is 0 Å². The molecule has 56 heteroatoms. The van der Waals surface area contributed by atoms with E-state index in [1.165, 1.54) is 0 Å². The first-order valence-corrected chi connectivity index (χ1v) is 46.1. The lowest BCUT2D eigenvalue weighted by Crippen LogP contribution is -2.32. The lowest BCUT2D eigenvalue weighted by molar-refractivity contribution is 0.105. The molecule has 50 nitrogen and oxygen atoms in total. The fourth-order valence-electron chi connectivity index (χ4n) is 10.8. The van der Waals surface area contributed by atoms with Crippen molar-refractivity contribution in [3.8, 4) is 0 Å². The van der Waals surface area contributed by atoms with Gasteiger partial charge in [-0.2, -0.15) is 60.7 Å². The van der Waals surface area contributed by atoms with E-state index < -0.39 is 147 Å². The van der Waals surface area contributed by atoms with Crippen molar-refractivity contribution < 1.29 is 179 Å². The molecule has 0 aliphatic heterocycles. The van der Waals surface area contributed by atoms with E-state index in [1.807, 2.05) is 0 Å². The van der Waals surface area contributed by atoms with Gasteiger partial charge in [0, 0.05) is 129 Å². The van der Waals surface area contributed by atoms with E-state index in [1.54, 1.807) is 29.4 Å². The summed E-state index contributed by atoms with van der Waals surface area (Å²) in [6.07, 6.45) is 5.63. The fraction of sp³-hybridized carbons (Fsp3) is 0.514. The van der Waals surface area contributed by atoms with Gasteiger partial charge in [0.05, 0.1) is 153 Å². The number of nitrogens with zero attached hydrogens (tertiary/aromatic N) is 8. The Balaban J connectivity index is 0.00000206. The number of aliphatic hydroxyl groups excluding tert-OH is 18. The Bertz CT molecular complexity index is 4390. The molecule has 0 amide bonds. The maximum absolute atomic E-state index is 13.3. The molecule has 0 saturated heterocycles. The highest BCUT2D eigenvalue weighted by molar-refractivity contribution is 7.87.